The molecule has 1 rings (SSSR count). The van der Waals surface area contributed by atoms with E-state index >= 15 is 0 Å². The van der Waals surface area contributed by atoms with Crippen molar-refractivity contribution in [3.63, 3.8) is 0 Å². The fourth-order valence-electron chi connectivity index (χ4n) is 1.30. The van der Waals surface area contributed by atoms with Gasteiger partial charge in [0.05, 0.1) is 19.3 Å². The topological polar surface area (TPSA) is 55.5 Å². The summed E-state index contributed by atoms with van der Waals surface area (Å²) in [5.41, 5.74) is 7.52. The monoisotopic (exact) mass is 215 g/mol. The molecule has 1 aromatic rings. The summed E-state index contributed by atoms with van der Waals surface area (Å²) >= 11 is 5.84. The summed E-state index contributed by atoms with van der Waals surface area (Å²) in [6.07, 6.45) is 0. The van der Waals surface area contributed by atoms with E-state index in [2.05, 4.69) is 0 Å². The molecule has 0 fully saturated rings. The molecule has 3 nitrogen and oxygen atoms in total. The first kappa shape index (κ1) is 11.5. The van der Waals surface area contributed by atoms with Gasteiger partial charge in [0, 0.05) is 12.1 Å². The van der Waals surface area contributed by atoms with Crippen LogP contribution in [0.5, 0.6) is 0 Å². The number of benzene rings is 1. The maximum absolute atomic E-state index is 8.96. The molecule has 0 aliphatic carbocycles. The predicted octanol–water partition coefficient (Wildman–Crippen LogP) is 1.48. The lowest BCUT2D eigenvalue weighted by Gasteiger charge is -2.14. The number of rotatable bonds is 4. The molecule has 14 heavy (non-hydrogen) atoms. The van der Waals surface area contributed by atoms with Gasteiger partial charge in [-0.3, -0.25) is 0 Å². The Morgan fingerprint density at radius 2 is 2.29 bits per heavy atom. The van der Waals surface area contributed by atoms with E-state index in [1.807, 2.05) is 6.07 Å². The van der Waals surface area contributed by atoms with Crippen molar-refractivity contribution in [3.8, 4) is 0 Å². The largest absolute Gasteiger partial charge is 0.394 e. The Bertz CT molecular complexity index is 304. The van der Waals surface area contributed by atoms with Crippen LogP contribution in [0, 0.1) is 0 Å². The maximum Gasteiger partial charge on any atom is 0.0716 e. The molecule has 0 spiro atoms. The smallest absolute Gasteiger partial charge is 0.0716 e. The SMILES string of the molecule is COCc1ccc(Cl)cc1C(N)CO. The average Bonchev–Trinajstić information content (AvgIpc) is 2.20. The molecule has 0 amide bonds. The molecular weight excluding hydrogens is 202 g/mol. The Kier molecular flexibility index (Phi) is 4.35. The van der Waals surface area contributed by atoms with E-state index in [1.54, 1.807) is 19.2 Å². The minimum atomic E-state index is -0.404. The molecule has 1 atom stereocenters. The van der Waals surface area contributed by atoms with Crippen LogP contribution in [-0.4, -0.2) is 18.8 Å². The van der Waals surface area contributed by atoms with Crippen molar-refractivity contribution in [2.45, 2.75) is 12.6 Å². The number of ether oxygens (including phenoxy) is 1. The molecule has 0 aromatic heterocycles. The van der Waals surface area contributed by atoms with E-state index in [1.165, 1.54) is 0 Å². The highest BCUT2D eigenvalue weighted by Crippen LogP contribution is 2.21. The van der Waals surface area contributed by atoms with Crippen molar-refractivity contribution < 1.29 is 9.84 Å². The molecule has 3 N–H and O–H groups in total. The van der Waals surface area contributed by atoms with Crippen LogP contribution in [0.4, 0.5) is 0 Å². The van der Waals surface area contributed by atoms with Crippen LogP contribution in [0.15, 0.2) is 18.2 Å². The zero-order valence-corrected chi connectivity index (χ0v) is 8.79. The van der Waals surface area contributed by atoms with Gasteiger partial charge >= 0.3 is 0 Å². The molecule has 0 radical (unpaired) electrons. The van der Waals surface area contributed by atoms with Crippen LogP contribution >= 0.6 is 11.6 Å². The number of methoxy groups -OCH3 is 1. The summed E-state index contributed by atoms with van der Waals surface area (Å²) in [5, 5.41) is 9.58. The molecule has 4 heteroatoms. The third kappa shape index (κ3) is 2.69. The van der Waals surface area contributed by atoms with Crippen molar-refractivity contribution in [1.29, 1.82) is 0 Å². The van der Waals surface area contributed by atoms with Gasteiger partial charge in [-0.1, -0.05) is 17.7 Å². The first-order valence-corrected chi connectivity index (χ1v) is 4.70. The van der Waals surface area contributed by atoms with E-state index in [0.29, 0.717) is 11.6 Å². The summed E-state index contributed by atoms with van der Waals surface area (Å²) in [5.74, 6) is 0. The molecule has 0 aliphatic rings. The zero-order chi connectivity index (χ0) is 10.6. The third-order valence-corrected chi connectivity index (χ3v) is 2.24. The van der Waals surface area contributed by atoms with Crippen molar-refractivity contribution in [1.82, 2.24) is 0 Å². The van der Waals surface area contributed by atoms with Crippen LogP contribution in [0.1, 0.15) is 17.2 Å². The Balaban J connectivity index is 3.02. The Hall–Kier alpha value is -0.610. The summed E-state index contributed by atoms with van der Waals surface area (Å²) in [6, 6.07) is 5.00. The van der Waals surface area contributed by atoms with Gasteiger partial charge in [-0.2, -0.15) is 0 Å². The zero-order valence-electron chi connectivity index (χ0n) is 8.03. The molecule has 0 bridgehead atoms. The first-order chi connectivity index (χ1) is 6.69. The average molecular weight is 216 g/mol. The molecule has 0 saturated heterocycles. The number of hydrogen-bond acceptors (Lipinski definition) is 3. The standard InChI is InChI=1S/C10H14ClNO2/c1-14-6-7-2-3-8(11)4-9(7)10(12)5-13/h2-4,10,13H,5-6,12H2,1H3. The third-order valence-electron chi connectivity index (χ3n) is 2.00. The number of halogens is 1. The number of nitrogens with two attached hydrogens (primary N) is 1. The van der Waals surface area contributed by atoms with E-state index in [-0.39, 0.29) is 6.61 Å². The van der Waals surface area contributed by atoms with Crippen LogP contribution in [0.25, 0.3) is 0 Å². The molecular formula is C10H14ClNO2. The van der Waals surface area contributed by atoms with Crippen molar-refractivity contribution in [3.05, 3.63) is 34.3 Å². The molecule has 0 heterocycles. The van der Waals surface area contributed by atoms with Gasteiger partial charge in [0.25, 0.3) is 0 Å². The normalized spacial score (nSPS) is 12.9. The second kappa shape index (κ2) is 5.32. The summed E-state index contributed by atoms with van der Waals surface area (Å²) in [4.78, 5) is 0. The second-order valence-corrected chi connectivity index (χ2v) is 3.50. The molecule has 0 aliphatic heterocycles. The Morgan fingerprint density at radius 1 is 1.57 bits per heavy atom. The van der Waals surface area contributed by atoms with Crippen molar-refractivity contribution in [2.24, 2.45) is 5.73 Å². The fourth-order valence-corrected chi connectivity index (χ4v) is 1.48. The van der Waals surface area contributed by atoms with Crippen LogP contribution < -0.4 is 5.73 Å². The van der Waals surface area contributed by atoms with E-state index in [4.69, 9.17) is 27.2 Å². The summed E-state index contributed by atoms with van der Waals surface area (Å²) in [7, 11) is 1.61. The van der Waals surface area contributed by atoms with Crippen molar-refractivity contribution >= 4 is 11.6 Å². The van der Waals surface area contributed by atoms with E-state index in [9.17, 15) is 0 Å². The van der Waals surface area contributed by atoms with Gasteiger partial charge in [-0.05, 0) is 23.3 Å². The molecule has 78 valence electrons. The molecule has 1 aromatic carbocycles. The Labute approximate surface area is 88.4 Å². The lowest BCUT2D eigenvalue weighted by Crippen LogP contribution is -2.16. The molecule has 1 unspecified atom stereocenters. The summed E-state index contributed by atoms with van der Waals surface area (Å²) in [6.45, 7) is 0.372. The lowest BCUT2D eigenvalue weighted by molar-refractivity contribution is 0.182. The van der Waals surface area contributed by atoms with Gasteiger partial charge < -0.3 is 15.6 Å². The highest BCUT2D eigenvalue weighted by molar-refractivity contribution is 6.30. The minimum Gasteiger partial charge on any atom is -0.394 e. The van der Waals surface area contributed by atoms with Gasteiger partial charge in [0.15, 0.2) is 0 Å². The van der Waals surface area contributed by atoms with Gasteiger partial charge in [0.2, 0.25) is 0 Å². The van der Waals surface area contributed by atoms with E-state index in [0.717, 1.165) is 11.1 Å². The van der Waals surface area contributed by atoms with Crippen LogP contribution in [-0.2, 0) is 11.3 Å². The van der Waals surface area contributed by atoms with Crippen LogP contribution in [0.2, 0.25) is 5.02 Å². The van der Waals surface area contributed by atoms with Crippen LogP contribution in [0.3, 0.4) is 0 Å². The van der Waals surface area contributed by atoms with E-state index < -0.39 is 6.04 Å². The summed E-state index contributed by atoms with van der Waals surface area (Å²) < 4.78 is 5.02. The second-order valence-electron chi connectivity index (χ2n) is 3.07. The number of hydrogen-bond donors (Lipinski definition) is 2. The van der Waals surface area contributed by atoms with Gasteiger partial charge in [-0.15, -0.1) is 0 Å². The minimum absolute atomic E-state index is 0.100. The fraction of sp³-hybridized carbons (Fsp3) is 0.400. The quantitative estimate of drug-likeness (QED) is 0.800. The van der Waals surface area contributed by atoms with Crippen molar-refractivity contribution in [2.75, 3.05) is 13.7 Å². The predicted molar refractivity (Wildman–Crippen MR) is 56.2 cm³/mol. The number of aliphatic hydroxyl groups excluding tert-OH is 1. The van der Waals surface area contributed by atoms with Gasteiger partial charge in [0.1, 0.15) is 0 Å². The molecule has 0 saturated carbocycles. The highest BCUT2D eigenvalue weighted by Gasteiger charge is 2.10. The van der Waals surface area contributed by atoms with Gasteiger partial charge in [-0.25, -0.2) is 0 Å². The lowest BCUT2D eigenvalue weighted by atomic mass is 10.0. The highest BCUT2D eigenvalue weighted by atomic mass is 35.5. The Morgan fingerprint density at radius 3 is 2.86 bits per heavy atom. The first-order valence-electron chi connectivity index (χ1n) is 4.32. The number of aliphatic hydroxyl groups is 1. The maximum atomic E-state index is 8.96.